The van der Waals surface area contributed by atoms with Gasteiger partial charge in [0.15, 0.2) is 4.77 Å². The predicted molar refractivity (Wildman–Crippen MR) is 99.1 cm³/mol. The first kappa shape index (κ1) is 17.8. The molecule has 0 fully saturated rings. The number of H-pyrrole nitrogens is 2. The maximum absolute atomic E-state index is 13.7. The van der Waals surface area contributed by atoms with Crippen molar-refractivity contribution in [3.63, 3.8) is 0 Å². The van der Waals surface area contributed by atoms with Crippen LogP contribution in [0.4, 0.5) is 4.39 Å². The van der Waals surface area contributed by atoms with Crippen LogP contribution in [0.25, 0.3) is 11.0 Å². The van der Waals surface area contributed by atoms with E-state index in [0.29, 0.717) is 21.4 Å². The summed E-state index contributed by atoms with van der Waals surface area (Å²) in [4.78, 5) is 31.5. The molecule has 0 aliphatic rings. The lowest BCUT2D eigenvalue weighted by atomic mass is 10.1. The molecule has 0 atom stereocenters. The SMILES string of the molecule is CN(C)C(=O)c1ccc(CNC(=O)c2cc(F)cc3[nH]c(=S)[nH]c23)cc1. The third kappa shape index (κ3) is 3.65. The molecular weight excluding hydrogens is 355 g/mol. The van der Waals surface area contributed by atoms with Gasteiger partial charge in [-0.15, -0.1) is 0 Å². The molecule has 2 aromatic carbocycles. The minimum absolute atomic E-state index is 0.0922. The molecule has 0 unspecified atom stereocenters. The van der Waals surface area contributed by atoms with E-state index >= 15 is 0 Å². The normalized spacial score (nSPS) is 10.7. The summed E-state index contributed by atoms with van der Waals surface area (Å²) in [5.74, 6) is -1.04. The molecule has 0 saturated heterocycles. The van der Waals surface area contributed by atoms with Crippen molar-refractivity contribution in [3.05, 3.63) is 63.7 Å². The summed E-state index contributed by atoms with van der Waals surface area (Å²) in [5.41, 5.74) is 2.46. The molecule has 3 aromatic rings. The number of imidazole rings is 1. The fraction of sp³-hybridized carbons (Fsp3) is 0.167. The fourth-order valence-electron chi connectivity index (χ4n) is 2.59. The standard InChI is InChI=1S/C18H17FN4O2S/c1-23(2)17(25)11-5-3-10(4-6-11)9-20-16(24)13-7-12(19)8-14-15(13)22-18(26)21-14/h3-8H,9H2,1-2H3,(H,20,24)(H2,21,22,26). The summed E-state index contributed by atoms with van der Waals surface area (Å²) in [6.45, 7) is 0.248. The average Bonchev–Trinajstić information content (AvgIpc) is 2.98. The van der Waals surface area contributed by atoms with Crippen molar-refractivity contribution in [1.82, 2.24) is 20.2 Å². The van der Waals surface area contributed by atoms with Crippen LogP contribution in [0.3, 0.4) is 0 Å². The molecular formula is C18H17FN4O2S. The number of benzene rings is 2. The number of hydrogen-bond donors (Lipinski definition) is 3. The summed E-state index contributed by atoms with van der Waals surface area (Å²) in [7, 11) is 3.37. The highest BCUT2D eigenvalue weighted by molar-refractivity contribution is 7.71. The number of aromatic amines is 2. The highest BCUT2D eigenvalue weighted by atomic mass is 32.1. The van der Waals surface area contributed by atoms with Gasteiger partial charge in [0.2, 0.25) is 0 Å². The molecule has 26 heavy (non-hydrogen) atoms. The summed E-state index contributed by atoms with van der Waals surface area (Å²) < 4.78 is 14.1. The number of carbonyl (C=O) groups excluding carboxylic acids is 2. The zero-order valence-electron chi connectivity index (χ0n) is 14.2. The van der Waals surface area contributed by atoms with Crippen molar-refractivity contribution < 1.29 is 14.0 Å². The number of amides is 2. The number of fused-ring (bicyclic) bond motifs is 1. The van der Waals surface area contributed by atoms with Gasteiger partial charge in [0.25, 0.3) is 11.8 Å². The molecule has 0 saturated carbocycles. The van der Waals surface area contributed by atoms with E-state index in [-0.39, 0.29) is 18.0 Å². The Labute approximate surface area is 154 Å². The maximum atomic E-state index is 13.7. The Morgan fingerprint density at radius 3 is 2.50 bits per heavy atom. The average molecular weight is 372 g/mol. The van der Waals surface area contributed by atoms with Gasteiger partial charge in [0.1, 0.15) is 5.82 Å². The van der Waals surface area contributed by atoms with Crippen molar-refractivity contribution in [3.8, 4) is 0 Å². The Morgan fingerprint density at radius 1 is 1.15 bits per heavy atom. The molecule has 134 valence electrons. The molecule has 8 heteroatoms. The largest absolute Gasteiger partial charge is 0.348 e. The van der Waals surface area contributed by atoms with Gasteiger partial charge in [0.05, 0.1) is 16.6 Å². The maximum Gasteiger partial charge on any atom is 0.253 e. The third-order valence-corrected chi connectivity index (χ3v) is 4.10. The number of aromatic nitrogens is 2. The fourth-order valence-corrected chi connectivity index (χ4v) is 2.80. The molecule has 0 spiro atoms. The van der Waals surface area contributed by atoms with Crippen molar-refractivity contribution in [2.75, 3.05) is 14.1 Å². The van der Waals surface area contributed by atoms with Crippen LogP contribution in [0.2, 0.25) is 0 Å². The second-order valence-corrected chi connectivity index (χ2v) is 6.44. The number of nitrogens with zero attached hydrogens (tertiary/aromatic N) is 1. The van der Waals surface area contributed by atoms with Crippen LogP contribution in [0.1, 0.15) is 26.3 Å². The first-order chi connectivity index (χ1) is 12.3. The lowest BCUT2D eigenvalue weighted by molar-refractivity contribution is 0.0827. The first-order valence-corrected chi connectivity index (χ1v) is 8.26. The monoisotopic (exact) mass is 372 g/mol. The topological polar surface area (TPSA) is 81.0 Å². The minimum atomic E-state index is -0.528. The minimum Gasteiger partial charge on any atom is -0.348 e. The van der Waals surface area contributed by atoms with Crippen molar-refractivity contribution in [1.29, 1.82) is 0 Å². The molecule has 0 aliphatic carbocycles. The van der Waals surface area contributed by atoms with Gasteiger partial charge in [-0.2, -0.15) is 0 Å². The predicted octanol–water partition coefficient (Wildman–Crippen LogP) is 3.00. The van der Waals surface area contributed by atoms with E-state index in [9.17, 15) is 14.0 Å². The molecule has 0 aliphatic heterocycles. The van der Waals surface area contributed by atoms with Gasteiger partial charge in [-0.25, -0.2) is 4.39 Å². The summed E-state index contributed by atoms with van der Waals surface area (Å²) in [6, 6.07) is 9.37. The van der Waals surface area contributed by atoms with Crippen LogP contribution >= 0.6 is 12.2 Å². The van der Waals surface area contributed by atoms with Crippen LogP contribution in [0.15, 0.2) is 36.4 Å². The zero-order chi connectivity index (χ0) is 18.8. The Morgan fingerprint density at radius 2 is 1.85 bits per heavy atom. The highest BCUT2D eigenvalue weighted by Gasteiger charge is 2.14. The molecule has 0 radical (unpaired) electrons. The van der Waals surface area contributed by atoms with Gasteiger partial charge in [0, 0.05) is 26.2 Å². The van der Waals surface area contributed by atoms with E-state index in [1.54, 1.807) is 38.4 Å². The number of hydrogen-bond acceptors (Lipinski definition) is 3. The number of carbonyl (C=O) groups is 2. The number of halogens is 1. The van der Waals surface area contributed by atoms with Gasteiger partial charge >= 0.3 is 0 Å². The van der Waals surface area contributed by atoms with Gasteiger partial charge in [-0.05, 0) is 42.0 Å². The van der Waals surface area contributed by atoms with E-state index in [1.807, 2.05) is 0 Å². The summed E-state index contributed by atoms with van der Waals surface area (Å²) in [6.07, 6.45) is 0. The molecule has 0 bridgehead atoms. The number of rotatable bonds is 4. The van der Waals surface area contributed by atoms with Crippen LogP contribution in [0.5, 0.6) is 0 Å². The van der Waals surface area contributed by atoms with E-state index in [0.717, 1.165) is 11.6 Å². The Balaban J connectivity index is 1.75. The van der Waals surface area contributed by atoms with Crippen LogP contribution in [-0.4, -0.2) is 40.8 Å². The summed E-state index contributed by atoms with van der Waals surface area (Å²) >= 11 is 5.00. The smallest absolute Gasteiger partial charge is 0.253 e. The van der Waals surface area contributed by atoms with Crippen molar-refractivity contribution in [2.45, 2.75) is 6.54 Å². The number of nitrogens with one attached hydrogen (secondary N) is 3. The van der Waals surface area contributed by atoms with Crippen molar-refractivity contribution in [2.24, 2.45) is 0 Å². The van der Waals surface area contributed by atoms with Crippen LogP contribution in [0, 0.1) is 10.6 Å². The van der Waals surface area contributed by atoms with E-state index in [4.69, 9.17) is 12.2 Å². The Bertz CT molecular complexity index is 1040. The second-order valence-electron chi connectivity index (χ2n) is 6.03. The van der Waals surface area contributed by atoms with E-state index in [1.165, 1.54) is 11.0 Å². The highest BCUT2D eigenvalue weighted by Crippen LogP contribution is 2.18. The lowest BCUT2D eigenvalue weighted by Crippen LogP contribution is -2.24. The molecule has 3 N–H and O–H groups in total. The molecule has 3 rings (SSSR count). The first-order valence-electron chi connectivity index (χ1n) is 7.85. The second kappa shape index (κ2) is 7.09. The van der Waals surface area contributed by atoms with Gasteiger partial charge < -0.3 is 20.2 Å². The van der Waals surface area contributed by atoms with Crippen LogP contribution in [-0.2, 0) is 6.54 Å². The van der Waals surface area contributed by atoms with Crippen molar-refractivity contribution >= 4 is 35.1 Å². The van der Waals surface area contributed by atoms with Gasteiger partial charge in [-0.1, -0.05) is 12.1 Å². The van der Waals surface area contributed by atoms with Crippen LogP contribution < -0.4 is 5.32 Å². The molecule has 2 amide bonds. The summed E-state index contributed by atoms with van der Waals surface area (Å²) in [5, 5.41) is 2.75. The third-order valence-electron chi connectivity index (χ3n) is 3.89. The van der Waals surface area contributed by atoms with E-state index < -0.39 is 11.7 Å². The molecule has 6 nitrogen and oxygen atoms in total. The quantitative estimate of drug-likeness (QED) is 0.616. The Hall–Kier alpha value is -3.00. The van der Waals surface area contributed by atoms with E-state index in [2.05, 4.69) is 15.3 Å². The van der Waals surface area contributed by atoms with Gasteiger partial charge in [-0.3, -0.25) is 9.59 Å². The lowest BCUT2D eigenvalue weighted by Gasteiger charge is -2.11. The molecule has 1 aromatic heterocycles. The molecule has 1 heterocycles. The Kier molecular flexibility index (Phi) is 4.85. The zero-order valence-corrected chi connectivity index (χ0v) is 15.0.